The maximum absolute atomic E-state index is 11.5. The molecule has 3 N–H and O–H groups in total. The van der Waals surface area contributed by atoms with Crippen LogP contribution in [0.25, 0.3) is 0 Å². The lowest BCUT2D eigenvalue weighted by Gasteiger charge is -2.37. The number of carbonyl (C=O) groups is 2. The predicted octanol–water partition coefficient (Wildman–Crippen LogP) is -1.02. The van der Waals surface area contributed by atoms with Crippen LogP contribution < -0.4 is 5.73 Å². The lowest BCUT2D eigenvalue weighted by atomic mass is 9.91. The van der Waals surface area contributed by atoms with Crippen LogP contribution in [-0.4, -0.2) is 59.6 Å². The number of hydrogen-bond acceptors (Lipinski definition) is 3. The van der Waals surface area contributed by atoms with Crippen LogP contribution in [0.3, 0.4) is 0 Å². The molecular formula is C9H17N3O3. The van der Waals surface area contributed by atoms with E-state index in [0.29, 0.717) is 13.1 Å². The Balaban J connectivity index is 2.56. The maximum atomic E-state index is 11.5. The number of primary amides is 1. The Morgan fingerprint density at radius 3 is 2.13 bits per heavy atom. The first-order chi connectivity index (χ1) is 6.87. The SMILES string of the molecule is CN(C)C(=O)N1CCC(O)(C(N)=O)CC1. The van der Waals surface area contributed by atoms with E-state index in [4.69, 9.17) is 5.73 Å². The molecule has 1 aliphatic heterocycles. The summed E-state index contributed by atoms with van der Waals surface area (Å²) in [5, 5.41) is 9.76. The van der Waals surface area contributed by atoms with Gasteiger partial charge in [-0.05, 0) is 0 Å². The lowest BCUT2D eigenvalue weighted by molar-refractivity contribution is -0.140. The van der Waals surface area contributed by atoms with Gasteiger partial charge in [0.15, 0.2) is 0 Å². The molecule has 0 aromatic rings. The quantitative estimate of drug-likeness (QED) is 0.587. The molecule has 1 aliphatic rings. The topological polar surface area (TPSA) is 86.9 Å². The summed E-state index contributed by atoms with van der Waals surface area (Å²) in [6.07, 6.45) is 0.420. The number of hydrogen-bond donors (Lipinski definition) is 2. The molecule has 1 saturated heterocycles. The molecule has 0 saturated carbocycles. The van der Waals surface area contributed by atoms with Gasteiger partial charge in [-0.25, -0.2) is 4.79 Å². The number of piperidine rings is 1. The van der Waals surface area contributed by atoms with E-state index in [1.807, 2.05) is 0 Å². The Kier molecular flexibility index (Phi) is 3.18. The lowest BCUT2D eigenvalue weighted by Crippen LogP contribution is -2.54. The van der Waals surface area contributed by atoms with Crippen molar-refractivity contribution in [3.63, 3.8) is 0 Å². The molecule has 0 bridgehead atoms. The van der Waals surface area contributed by atoms with Crippen molar-refractivity contribution < 1.29 is 14.7 Å². The fourth-order valence-electron chi connectivity index (χ4n) is 1.60. The Hall–Kier alpha value is -1.30. The average molecular weight is 215 g/mol. The molecule has 0 aliphatic carbocycles. The fraction of sp³-hybridized carbons (Fsp3) is 0.778. The highest BCUT2D eigenvalue weighted by Crippen LogP contribution is 2.22. The summed E-state index contributed by atoms with van der Waals surface area (Å²) in [6.45, 7) is 0.715. The molecule has 0 aromatic carbocycles. The van der Waals surface area contributed by atoms with Crippen molar-refractivity contribution in [2.45, 2.75) is 18.4 Å². The minimum absolute atomic E-state index is 0.110. The minimum atomic E-state index is -1.44. The summed E-state index contributed by atoms with van der Waals surface area (Å²) in [5.41, 5.74) is 3.64. The summed E-state index contributed by atoms with van der Waals surface area (Å²) in [5.74, 6) is -0.709. The number of nitrogens with two attached hydrogens (primary N) is 1. The van der Waals surface area contributed by atoms with Crippen molar-refractivity contribution in [2.24, 2.45) is 5.73 Å². The molecule has 1 heterocycles. The van der Waals surface area contributed by atoms with Crippen molar-refractivity contribution >= 4 is 11.9 Å². The average Bonchev–Trinajstić information content (AvgIpc) is 2.17. The second-order valence-electron chi connectivity index (χ2n) is 4.06. The van der Waals surface area contributed by atoms with Crippen LogP contribution in [0.2, 0.25) is 0 Å². The van der Waals surface area contributed by atoms with Gasteiger partial charge in [-0.15, -0.1) is 0 Å². The van der Waals surface area contributed by atoms with E-state index in [-0.39, 0.29) is 18.9 Å². The predicted molar refractivity (Wildman–Crippen MR) is 54.0 cm³/mol. The first-order valence-electron chi connectivity index (χ1n) is 4.85. The Labute approximate surface area is 88.6 Å². The number of carbonyl (C=O) groups excluding carboxylic acids is 2. The third kappa shape index (κ3) is 2.38. The number of aliphatic hydroxyl groups is 1. The number of likely N-dealkylation sites (tertiary alicyclic amines) is 1. The van der Waals surface area contributed by atoms with Gasteiger partial charge in [0.05, 0.1) is 0 Å². The number of nitrogens with zero attached hydrogens (tertiary/aromatic N) is 2. The van der Waals surface area contributed by atoms with E-state index in [9.17, 15) is 14.7 Å². The fourth-order valence-corrected chi connectivity index (χ4v) is 1.60. The van der Waals surface area contributed by atoms with Crippen molar-refractivity contribution in [1.29, 1.82) is 0 Å². The maximum Gasteiger partial charge on any atom is 0.319 e. The van der Waals surface area contributed by atoms with E-state index >= 15 is 0 Å². The van der Waals surface area contributed by atoms with Crippen molar-refractivity contribution in [1.82, 2.24) is 9.80 Å². The van der Waals surface area contributed by atoms with E-state index in [0.717, 1.165) is 0 Å². The molecule has 0 unspecified atom stereocenters. The zero-order valence-electron chi connectivity index (χ0n) is 9.06. The second kappa shape index (κ2) is 4.06. The summed E-state index contributed by atoms with van der Waals surface area (Å²) in [6, 6.07) is -0.110. The first kappa shape index (κ1) is 11.8. The van der Waals surface area contributed by atoms with Crippen LogP contribution in [0.1, 0.15) is 12.8 Å². The van der Waals surface area contributed by atoms with Crippen LogP contribution in [0.5, 0.6) is 0 Å². The number of urea groups is 1. The highest BCUT2D eigenvalue weighted by atomic mass is 16.3. The van der Waals surface area contributed by atoms with Gasteiger partial charge in [-0.3, -0.25) is 4.79 Å². The number of amides is 3. The third-order valence-electron chi connectivity index (χ3n) is 2.70. The Bertz CT molecular complexity index is 270. The van der Waals surface area contributed by atoms with Gasteiger partial charge in [-0.2, -0.15) is 0 Å². The molecule has 0 atom stereocenters. The van der Waals surface area contributed by atoms with Gasteiger partial charge in [0, 0.05) is 40.0 Å². The molecule has 0 aromatic heterocycles. The Morgan fingerprint density at radius 1 is 1.33 bits per heavy atom. The largest absolute Gasteiger partial charge is 0.380 e. The minimum Gasteiger partial charge on any atom is -0.380 e. The summed E-state index contributed by atoms with van der Waals surface area (Å²) >= 11 is 0. The molecule has 6 nitrogen and oxygen atoms in total. The third-order valence-corrected chi connectivity index (χ3v) is 2.70. The van der Waals surface area contributed by atoms with Crippen LogP contribution in [0.4, 0.5) is 4.79 Å². The summed E-state index contributed by atoms with van der Waals surface area (Å²) < 4.78 is 0. The molecular weight excluding hydrogens is 198 g/mol. The zero-order valence-corrected chi connectivity index (χ0v) is 9.06. The molecule has 1 fully saturated rings. The van der Waals surface area contributed by atoms with Gasteiger partial charge in [0.1, 0.15) is 5.60 Å². The zero-order chi connectivity index (χ0) is 11.6. The smallest absolute Gasteiger partial charge is 0.319 e. The van der Waals surface area contributed by atoms with Gasteiger partial charge in [0.2, 0.25) is 5.91 Å². The molecule has 86 valence electrons. The van der Waals surface area contributed by atoms with Gasteiger partial charge in [-0.1, -0.05) is 0 Å². The van der Waals surface area contributed by atoms with E-state index in [2.05, 4.69) is 0 Å². The molecule has 15 heavy (non-hydrogen) atoms. The van der Waals surface area contributed by atoms with Crippen molar-refractivity contribution in [3.8, 4) is 0 Å². The van der Waals surface area contributed by atoms with E-state index in [1.54, 1.807) is 19.0 Å². The first-order valence-corrected chi connectivity index (χ1v) is 4.85. The van der Waals surface area contributed by atoms with E-state index < -0.39 is 11.5 Å². The van der Waals surface area contributed by atoms with Crippen LogP contribution >= 0.6 is 0 Å². The summed E-state index contributed by atoms with van der Waals surface area (Å²) in [4.78, 5) is 25.5. The van der Waals surface area contributed by atoms with Crippen LogP contribution in [0.15, 0.2) is 0 Å². The van der Waals surface area contributed by atoms with E-state index in [1.165, 1.54) is 4.90 Å². The highest BCUT2D eigenvalue weighted by Gasteiger charge is 2.38. The Morgan fingerprint density at radius 2 is 1.80 bits per heavy atom. The molecule has 0 radical (unpaired) electrons. The second-order valence-corrected chi connectivity index (χ2v) is 4.06. The molecule has 3 amide bonds. The van der Waals surface area contributed by atoms with Crippen molar-refractivity contribution in [2.75, 3.05) is 27.2 Å². The molecule has 6 heteroatoms. The van der Waals surface area contributed by atoms with Crippen LogP contribution in [0, 0.1) is 0 Å². The van der Waals surface area contributed by atoms with Gasteiger partial charge < -0.3 is 20.6 Å². The van der Waals surface area contributed by atoms with Gasteiger partial charge >= 0.3 is 6.03 Å². The van der Waals surface area contributed by atoms with Crippen LogP contribution in [-0.2, 0) is 4.79 Å². The normalized spacial score (nSPS) is 19.8. The van der Waals surface area contributed by atoms with Crippen molar-refractivity contribution in [3.05, 3.63) is 0 Å². The van der Waals surface area contributed by atoms with Gasteiger partial charge in [0.25, 0.3) is 0 Å². The monoisotopic (exact) mass is 215 g/mol. The summed E-state index contributed by atoms with van der Waals surface area (Å²) in [7, 11) is 3.33. The standard InChI is InChI=1S/C9H17N3O3/c1-11(2)8(14)12-5-3-9(15,4-6-12)7(10)13/h15H,3-6H2,1-2H3,(H2,10,13). The highest BCUT2D eigenvalue weighted by molar-refractivity contribution is 5.83. The molecule has 1 rings (SSSR count). The molecule has 0 spiro atoms. The number of rotatable bonds is 1.